The molecule has 4 aromatic rings. The lowest BCUT2D eigenvalue weighted by molar-refractivity contribution is 0.242. The summed E-state index contributed by atoms with van der Waals surface area (Å²) in [5.74, 6) is 2.02. The lowest BCUT2D eigenvalue weighted by Crippen LogP contribution is -2.25. The molecule has 5 heteroatoms. The molecule has 0 fully saturated rings. The van der Waals surface area contributed by atoms with E-state index in [-0.39, 0.29) is 0 Å². The Hall–Kier alpha value is -2.66. The van der Waals surface area contributed by atoms with Gasteiger partial charge in [0.1, 0.15) is 11.6 Å². The van der Waals surface area contributed by atoms with Crippen LogP contribution in [0.4, 0.5) is 0 Å². The molecule has 0 saturated carbocycles. The number of aromatic amines is 2. The molecule has 2 N–H and O–H groups in total. The third-order valence-corrected chi connectivity index (χ3v) is 4.45. The Morgan fingerprint density at radius 2 is 1.32 bits per heavy atom. The third kappa shape index (κ3) is 3.56. The second-order valence-electron chi connectivity index (χ2n) is 6.47. The van der Waals surface area contributed by atoms with Crippen molar-refractivity contribution in [3.8, 4) is 0 Å². The zero-order chi connectivity index (χ0) is 17.1. The number of imidazole rings is 2. The van der Waals surface area contributed by atoms with E-state index in [2.05, 4.69) is 33.9 Å². The lowest BCUT2D eigenvalue weighted by Gasteiger charge is -2.19. The number of hydrogen-bond acceptors (Lipinski definition) is 3. The van der Waals surface area contributed by atoms with E-state index in [0.29, 0.717) is 0 Å². The summed E-state index contributed by atoms with van der Waals surface area (Å²) in [4.78, 5) is 18.7. The molecule has 0 aliphatic heterocycles. The summed E-state index contributed by atoms with van der Waals surface area (Å²) < 4.78 is 0. The molecule has 2 heterocycles. The van der Waals surface area contributed by atoms with E-state index < -0.39 is 0 Å². The topological polar surface area (TPSA) is 60.6 Å². The van der Waals surface area contributed by atoms with Crippen LogP contribution < -0.4 is 0 Å². The first kappa shape index (κ1) is 15.8. The van der Waals surface area contributed by atoms with E-state index in [0.717, 1.165) is 53.3 Å². The number of hydrogen-bond donors (Lipinski definition) is 2. The van der Waals surface area contributed by atoms with Gasteiger partial charge in [-0.3, -0.25) is 4.90 Å². The number of H-pyrrole nitrogens is 2. The van der Waals surface area contributed by atoms with Gasteiger partial charge in [-0.05, 0) is 37.2 Å². The Morgan fingerprint density at radius 1 is 0.800 bits per heavy atom. The van der Waals surface area contributed by atoms with Crippen LogP contribution in [-0.2, 0) is 13.1 Å². The zero-order valence-electron chi connectivity index (χ0n) is 14.5. The highest BCUT2D eigenvalue weighted by atomic mass is 15.2. The molecule has 0 aliphatic rings. The fraction of sp³-hybridized carbons (Fsp3) is 0.300. The minimum Gasteiger partial charge on any atom is -0.341 e. The summed E-state index contributed by atoms with van der Waals surface area (Å²) in [7, 11) is 0. The minimum absolute atomic E-state index is 0.797. The smallest absolute Gasteiger partial charge is 0.121 e. The van der Waals surface area contributed by atoms with E-state index in [4.69, 9.17) is 9.97 Å². The van der Waals surface area contributed by atoms with E-state index in [9.17, 15) is 0 Å². The first-order valence-corrected chi connectivity index (χ1v) is 8.91. The van der Waals surface area contributed by atoms with Crippen molar-refractivity contribution >= 4 is 22.1 Å². The number of nitrogens with zero attached hydrogens (tertiary/aromatic N) is 3. The van der Waals surface area contributed by atoms with Gasteiger partial charge < -0.3 is 9.97 Å². The zero-order valence-corrected chi connectivity index (χ0v) is 14.5. The Bertz CT molecular complexity index is 826. The summed E-state index contributed by atoms with van der Waals surface area (Å²) in [6.45, 7) is 4.85. The molecule has 0 radical (unpaired) electrons. The number of benzene rings is 2. The first-order valence-electron chi connectivity index (χ1n) is 8.91. The second kappa shape index (κ2) is 7.07. The van der Waals surface area contributed by atoms with Crippen molar-refractivity contribution in [2.75, 3.05) is 6.54 Å². The third-order valence-electron chi connectivity index (χ3n) is 4.45. The summed E-state index contributed by atoms with van der Waals surface area (Å²) in [5, 5.41) is 0. The Labute approximate surface area is 147 Å². The minimum atomic E-state index is 0.797. The number of nitrogens with one attached hydrogen (secondary N) is 2. The molecular formula is C20H23N5. The number of rotatable bonds is 7. The Morgan fingerprint density at radius 3 is 1.80 bits per heavy atom. The number of aromatic nitrogens is 4. The molecule has 4 rings (SSSR count). The van der Waals surface area contributed by atoms with E-state index in [1.807, 2.05) is 36.4 Å². The molecule has 0 spiro atoms. The van der Waals surface area contributed by atoms with Crippen LogP contribution in [0, 0.1) is 0 Å². The second-order valence-corrected chi connectivity index (χ2v) is 6.47. The van der Waals surface area contributed by atoms with Gasteiger partial charge in [-0.25, -0.2) is 9.97 Å². The quantitative estimate of drug-likeness (QED) is 0.532. The van der Waals surface area contributed by atoms with Gasteiger partial charge in [0, 0.05) is 0 Å². The molecular weight excluding hydrogens is 310 g/mol. The maximum absolute atomic E-state index is 4.72. The van der Waals surface area contributed by atoms with Crippen molar-refractivity contribution in [3.63, 3.8) is 0 Å². The number of fused-ring (bicyclic) bond motifs is 2. The molecule has 2 aromatic heterocycles. The molecule has 0 aliphatic carbocycles. The van der Waals surface area contributed by atoms with Gasteiger partial charge in [0.25, 0.3) is 0 Å². The van der Waals surface area contributed by atoms with Crippen LogP contribution in [0.1, 0.15) is 31.4 Å². The molecule has 0 bridgehead atoms. The average Bonchev–Trinajstić information content (AvgIpc) is 3.22. The van der Waals surface area contributed by atoms with Gasteiger partial charge in [-0.1, -0.05) is 37.6 Å². The van der Waals surface area contributed by atoms with Crippen LogP contribution in [0.15, 0.2) is 48.5 Å². The van der Waals surface area contributed by atoms with Gasteiger partial charge in [0.15, 0.2) is 0 Å². The fourth-order valence-corrected chi connectivity index (χ4v) is 3.18. The SMILES string of the molecule is CCCCN(Cc1nc2ccccc2[nH]1)Cc1nc2ccccc2[nH]1. The van der Waals surface area contributed by atoms with Gasteiger partial charge in [-0.15, -0.1) is 0 Å². The maximum Gasteiger partial charge on any atom is 0.121 e. The number of unbranched alkanes of at least 4 members (excludes halogenated alkanes) is 1. The van der Waals surface area contributed by atoms with Crippen molar-refractivity contribution in [2.24, 2.45) is 0 Å². The normalized spacial score (nSPS) is 11.8. The van der Waals surface area contributed by atoms with Crippen LogP contribution in [0.25, 0.3) is 22.1 Å². The highest BCUT2D eigenvalue weighted by molar-refractivity contribution is 5.75. The Balaban J connectivity index is 1.54. The summed E-state index contributed by atoms with van der Waals surface area (Å²) in [5.41, 5.74) is 4.24. The van der Waals surface area contributed by atoms with Gasteiger partial charge in [0.2, 0.25) is 0 Å². The van der Waals surface area contributed by atoms with E-state index in [1.165, 1.54) is 12.8 Å². The lowest BCUT2D eigenvalue weighted by atomic mass is 10.3. The van der Waals surface area contributed by atoms with Crippen LogP contribution in [0.2, 0.25) is 0 Å². The summed E-state index contributed by atoms with van der Waals surface area (Å²) >= 11 is 0. The van der Waals surface area contributed by atoms with Gasteiger partial charge >= 0.3 is 0 Å². The predicted molar refractivity (Wildman–Crippen MR) is 101 cm³/mol. The molecule has 128 valence electrons. The highest BCUT2D eigenvalue weighted by Crippen LogP contribution is 2.15. The van der Waals surface area contributed by atoms with Crippen molar-refractivity contribution in [3.05, 3.63) is 60.2 Å². The van der Waals surface area contributed by atoms with Crippen molar-refractivity contribution in [1.82, 2.24) is 24.8 Å². The van der Waals surface area contributed by atoms with Gasteiger partial charge in [0.05, 0.1) is 35.2 Å². The molecule has 0 saturated heterocycles. The Kier molecular flexibility index (Phi) is 4.48. The van der Waals surface area contributed by atoms with Crippen LogP contribution in [-0.4, -0.2) is 31.4 Å². The van der Waals surface area contributed by atoms with Crippen LogP contribution >= 0.6 is 0 Å². The van der Waals surface area contributed by atoms with Crippen molar-refractivity contribution < 1.29 is 0 Å². The molecule has 5 nitrogen and oxygen atoms in total. The van der Waals surface area contributed by atoms with Gasteiger partial charge in [-0.2, -0.15) is 0 Å². The molecule has 2 aromatic carbocycles. The van der Waals surface area contributed by atoms with Crippen molar-refractivity contribution in [2.45, 2.75) is 32.9 Å². The standard InChI is InChI=1S/C20H23N5/c1-2-3-12-25(13-19-21-15-8-4-5-9-16(15)22-19)14-20-23-17-10-6-7-11-18(17)24-20/h4-11H,2-3,12-14H2,1H3,(H,21,22)(H,23,24). The summed E-state index contributed by atoms with van der Waals surface area (Å²) in [6, 6.07) is 16.4. The molecule has 0 atom stereocenters. The molecule has 0 amide bonds. The monoisotopic (exact) mass is 333 g/mol. The highest BCUT2D eigenvalue weighted by Gasteiger charge is 2.12. The maximum atomic E-state index is 4.72. The van der Waals surface area contributed by atoms with E-state index in [1.54, 1.807) is 0 Å². The molecule has 0 unspecified atom stereocenters. The summed E-state index contributed by atoms with van der Waals surface area (Å²) in [6.07, 6.45) is 2.34. The fourth-order valence-electron chi connectivity index (χ4n) is 3.18. The predicted octanol–water partition coefficient (Wildman–Crippen LogP) is 4.24. The molecule has 25 heavy (non-hydrogen) atoms. The van der Waals surface area contributed by atoms with E-state index >= 15 is 0 Å². The average molecular weight is 333 g/mol. The first-order chi connectivity index (χ1) is 12.3. The van der Waals surface area contributed by atoms with Crippen molar-refractivity contribution in [1.29, 1.82) is 0 Å². The van der Waals surface area contributed by atoms with Crippen LogP contribution in [0.3, 0.4) is 0 Å². The number of para-hydroxylation sites is 4. The van der Waals surface area contributed by atoms with Crippen LogP contribution in [0.5, 0.6) is 0 Å². The largest absolute Gasteiger partial charge is 0.341 e.